The molecule has 0 aliphatic rings. The largest absolute Gasteiger partial charge is 0.442 e. The first-order chi connectivity index (χ1) is 8.22. The third-order valence-electron chi connectivity index (χ3n) is 2.32. The predicted octanol–water partition coefficient (Wildman–Crippen LogP) is 2.07. The lowest BCUT2D eigenvalue weighted by molar-refractivity contribution is 0.0717. The van der Waals surface area contributed by atoms with Crippen LogP contribution in [0.5, 0.6) is 0 Å². The van der Waals surface area contributed by atoms with E-state index in [2.05, 4.69) is 0 Å². The van der Waals surface area contributed by atoms with E-state index in [0.29, 0.717) is 5.56 Å². The van der Waals surface area contributed by atoms with E-state index in [1.54, 1.807) is 36.4 Å². The molecular formula is C13H9NO3. The second-order valence-electron chi connectivity index (χ2n) is 3.45. The van der Waals surface area contributed by atoms with Gasteiger partial charge in [-0.05, 0) is 17.7 Å². The molecule has 0 saturated heterocycles. The van der Waals surface area contributed by atoms with E-state index in [1.807, 2.05) is 0 Å². The molecule has 4 heteroatoms. The van der Waals surface area contributed by atoms with E-state index in [9.17, 15) is 9.90 Å². The van der Waals surface area contributed by atoms with Gasteiger partial charge >= 0.3 is 0 Å². The monoisotopic (exact) mass is 227 g/mol. The van der Waals surface area contributed by atoms with Crippen LogP contribution in [-0.2, 0) is 0 Å². The Morgan fingerprint density at radius 3 is 2.53 bits per heavy atom. The molecule has 0 spiro atoms. The van der Waals surface area contributed by atoms with Gasteiger partial charge in [-0.2, -0.15) is 5.26 Å². The minimum Gasteiger partial charge on any atom is -0.442 e. The number of aliphatic hydroxyl groups excluding tert-OH is 1. The molecule has 4 nitrogen and oxygen atoms in total. The number of benzene rings is 1. The van der Waals surface area contributed by atoms with Crippen LogP contribution in [0.1, 0.15) is 28.0 Å². The Labute approximate surface area is 97.7 Å². The van der Waals surface area contributed by atoms with Crippen molar-refractivity contribution in [2.24, 2.45) is 0 Å². The van der Waals surface area contributed by atoms with E-state index < -0.39 is 11.9 Å². The van der Waals surface area contributed by atoms with Crippen LogP contribution in [0.2, 0.25) is 0 Å². The quantitative estimate of drug-likeness (QED) is 0.814. The van der Waals surface area contributed by atoms with E-state index in [0.717, 1.165) is 0 Å². The molecule has 1 aromatic heterocycles. The van der Waals surface area contributed by atoms with Crippen molar-refractivity contribution in [3.63, 3.8) is 0 Å². The maximum absolute atomic E-state index is 11.8. The molecule has 0 aliphatic heterocycles. The zero-order chi connectivity index (χ0) is 12.3. The first-order valence-electron chi connectivity index (χ1n) is 4.99. The summed E-state index contributed by atoms with van der Waals surface area (Å²) in [5, 5.41) is 18.4. The summed E-state index contributed by atoms with van der Waals surface area (Å²) in [6.07, 6.45) is -1.27. The second kappa shape index (κ2) is 4.64. The molecule has 0 saturated carbocycles. The molecule has 0 amide bonds. The van der Waals surface area contributed by atoms with Crippen LogP contribution in [0.15, 0.2) is 46.9 Å². The molecule has 0 fully saturated rings. The van der Waals surface area contributed by atoms with Crippen molar-refractivity contribution < 1.29 is 14.3 Å². The Kier molecular flexibility index (Phi) is 3.03. The van der Waals surface area contributed by atoms with Gasteiger partial charge in [-0.25, -0.2) is 0 Å². The summed E-state index contributed by atoms with van der Waals surface area (Å²) < 4.78 is 4.97. The normalized spacial score (nSPS) is 11.8. The number of rotatable bonds is 3. The van der Waals surface area contributed by atoms with Gasteiger partial charge in [0.1, 0.15) is 12.2 Å². The standard InChI is InChI=1S/C13H9NO3/c14-8-10-6-7-11(17-10)13(16)12(15)9-4-2-1-3-5-9/h1-7,12,15H. The SMILES string of the molecule is N#Cc1ccc(C(=O)C(O)c2ccccc2)o1. The molecule has 1 unspecified atom stereocenters. The molecule has 17 heavy (non-hydrogen) atoms. The van der Waals surface area contributed by atoms with Crippen LogP contribution in [0.25, 0.3) is 0 Å². The van der Waals surface area contributed by atoms with Gasteiger partial charge in [0.2, 0.25) is 11.5 Å². The van der Waals surface area contributed by atoms with E-state index in [-0.39, 0.29) is 11.5 Å². The van der Waals surface area contributed by atoms with Gasteiger partial charge in [0.15, 0.2) is 5.76 Å². The molecule has 0 aliphatic carbocycles. The molecule has 0 radical (unpaired) electrons. The molecule has 84 valence electrons. The fourth-order valence-corrected chi connectivity index (χ4v) is 1.45. The number of furan rings is 1. The van der Waals surface area contributed by atoms with E-state index in [1.165, 1.54) is 12.1 Å². The van der Waals surface area contributed by atoms with Crippen molar-refractivity contribution in [3.05, 3.63) is 59.5 Å². The Bertz CT molecular complexity index is 566. The van der Waals surface area contributed by atoms with Crippen molar-refractivity contribution in [3.8, 4) is 6.07 Å². The smallest absolute Gasteiger partial charge is 0.230 e. The predicted molar refractivity (Wildman–Crippen MR) is 59.2 cm³/mol. The fourth-order valence-electron chi connectivity index (χ4n) is 1.45. The molecule has 2 aromatic rings. The summed E-state index contributed by atoms with van der Waals surface area (Å²) >= 11 is 0. The Morgan fingerprint density at radius 1 is 1.24 bits per heavy atom. The molecular weight excluding hydrogens is 218 g/mol. The summed E-state index contributed by atoms with van der Waals surface area (Å²) in [4.78, 5) is 11.8. The van der Waals surface area contributed by atoms with Gasteiger partial charge in [0.05, 0.1) is 0 Å². The maximum Gasteiger partial charge on any atom is 0.230 e. The van der Waals surface area contributed by atoms with Crippen molar-refractivity contribution in [2.45, 2.75) is 6.10 Å². The topological polar surface area (TPSA) is 74.2 Å². The summed E-state index contributed by atoms with van der Waals surface area (Å²) in [5.74, 6) is -0.524. The first kappa shape index (κ1) is 11.1. The lowest BCUT2D eigenvalue weighted by atomic mass is 10.0. The Morgan fingerprint density at radius 2 is 1.94 bits per heavy atom. The van der Waals surface area contributed by atoms with Gasteiger partial charge in [-0.3, -0.25) is 4.79 Å². The van der Waals surface area contributed by atoms with Gasteiger partial charge in [-0.15, -0.1) is 0 Å². The highest BCUT2D eigenvalue weighted by atomic mass is 16.4. The number of nitrogens with zero attached hydrogens (tertiary/aromatic N) is 1. The zero-order valence-electron chi connectivity index (χ0n) is 8.83. The van der Waals surface area contributed by atoms with Crippen LogP contribution < -0.4 is 0 Å². The third-order valence-corrected chi connectivity index (χ3v) is 2.32. The van der Waals surface area contributed by atoms with Gasteiger partial charge in [-0.1, -0.05) is 30.3 Å². The number of Topliss-reactive ketones (excluding diaryl/α,β-unsaturated/α-hetero) is 1. The van der Waals surface area contributed by atoms with Crippen LogP contribution in [0.3, 0.4) is 0 Å². The Hall–Kier alpha value is -2.38. The maximum atomic E-state index is 11.8. The molecule has 0 bridgehead atoms. The Balaban J connectivity index is 2.24. The van der Waals surface area contributed by atoms with E-state index >= 15 is 0 Å². The number of carbonyl (C=O) groups excluding carboxylic acids is 1. The van der Waals surface area contributed by atoms with Gasteiger partial charge in [0, 0.05) is 0 Å². The molecule has 2 rings (SSSR count). The third kappa shape index (κ3) is 2.25. The minimum atomic E-state index is -1.27. The first-order valence-corrected chi connectivity index (χ1v) is 4.99. The number of nitriles is 1. The number of hydrogen-bond acceptors (Lipinski definition) is 4. The number of ketones is 1. The zero-order valence-corrected chi connectivity index (χ0v) is 8.83. The molecule has 1 aromatic carbocycles. The second-order valence-corrected chi connectivity index (χ2v) is 3.45. The van der Waals surface area contributed by atoms with Crippen LogP contribution in [0, 0.1) is 11.3 Å². The van der Waals surface area contributed by atoms with Crippen LogP contribution >= 0.6 is 0 Å². The molecule has 1 N–H and O–H groups in total. The summed E-state index contributed by atoms with van der Waals surface area (Å²) in [6, 6.07) is 13.1. The van der Waals surface area contributed by atoms with Crippen molar-refractivity contribution >= 4 is 5.78 Å². The highest BCUT2D eigenvalue weighted by Crippen LogP contribution is 2.19. The lowest BCUT2D eigenvalue weighted by Gasteiger charge is -2.07. The van der Waals surface area contributed by atoms with Crippen LogP contribution in [0.4, 0.5) is 0 Å². The fraction of sp³-hybridized carbons (Fsp3) is 0.0769. The minimum absolute atomic E-state index is 0.0158. The molecule has 1 heterocycles. The van der Waals surface area contributed by atoms with Gasteiger partial charge < -0.3 is 9.52 Å². The lowest BCUT2D eigenvalue weighted by Crippen LogP contribution is -2.11. The van der Waals surface area contributed by atoms with Gasteiger partial charge in [0.25, 0.3) is 0 Å². The average molecular weight is 227 g/mol. The average Bonchev–Trinajstić information content (AvgIpc) is 2.87. The summed E-state index contributed by atoms with van der Waals surface area (Å²) in [7, 11) is 0. The van der Waals surface area contributed by atoms with Crippen molar-refractivity contribution in [1.82, 2.24) is 0 Å². The van der Waals surface area contributed by atoms with E-state index in [4.69, 9.17) is 9.68 Å². The number of aliphatic hydroxyl groups is 1. The number of carbonyl (C=O) groups is 1. The van der Waals surface area contributed by atoms with Crippen molar-refractivity contribution in [1.29, 1.82) is 5.26 Å². The van der Waals surface area contributed by atoms with Crippen molar-refractivity contribution in [2.75, 3.05) is 0 Å². The highest BCUT2D eigenvalue weighted by Gasteiger charge is 2.22. The summed E-state index contributed by atoms with van der Waals surface area (Å²) in [5.41, 5.74) is 0.493. The summed E-state index contributed by atoms with van der Waals surface area (Å²) in [6.45, 7) is 0. The molecule has 1 atom stereocenters. The highest BCUT2D eigenvalue weighted by molar-refractivity contribution is 5.97. The number of hydrogen-bond donors (Lipinski definition) is 1. The van der Waals surface area contributed by atoms with Crippen LogP contribution in [-0.4, -0.2) is 10.9 Å².